The zero-order chi connectivity index (χ0) is 5.70. The first kappa shape index (κ1) is 7.27. The maximum atomic E-state index is 3.73. The van der Waals surface area contributed by atoms with E-state index in [2.05, 4.69) is 21.8 Å². The monoisotopic (exact) mass is 212 g/mol. The van der Waals surface area contributed by atoms with Crippen LogP contribution in [0.25, 0.3) is 0 Å². The van der Waals surface area contributed by atoms with E-state index < -0.39 is 0 Å². The molecule has 7 heavy (non-hydrogen) atoms. The van der Waals surface area contributed by atoms with E-state index in [-0.39, 0.29) is 20.9 Å². The molecule has 0 aliphatic heterocycles. The van der Waals surface area contributed by atoms with Crippen LogP contribution in [0.5, 0.6) is 0 Å². The topological polar surface area (TPSA) is 0 Å². The summed E-state index contributed by atoms with van der Waals surface area (Å²) in [4.78, 5) is 2.24. The molecule has 0 saturated heterocycles. The van der Waals surface area contributed by atoms with Gasteiger partial charge in [-0.05, 0) is 0 Å². The van der Waals surface area contributed by atoms with Gasteiger partial charge in [0.15, 0.2) is 0 Å². The fourth-order valence-electron chi connectivity index (χ4n) is 0.184. The Kier molecular flexibility index (Phi) is 4.60. The summed E-state index contributed by atoms with van der Waals surface area (Å²) in [6, 6.07) is 0. The summed E-state index contributed by atoms with van der Waals surface area (Å²) in [5.41, 5.74) is 1.16. The molecule has 0 bridgehead atoms. The van der Waals surface area contributed by atoms with E-state index in [1.54, 1.807) is 0 Å². The van der Waals surface area contributed by atoms with Crippen molar-refractivity contribution in [2.45, 2.75) is 11.9 Å². The van der Waals surface area contributed by atoms with E-state index in [1.165, 1.54) is 0 Å². The van der Waals surface area contributed by atoms with E-state index in [0.29, 0.717) is 0 Å². The maximum absolute atomic E-state index is 3.73. The molecule has 1 heteroatoms. The average Bonchev–Trinajstić information content (AvgIpc) is 1.61. The van der Waals surface area contributed by atoms with Crippen molar-refractivity contribution in [1.82, 2.24) is 0 Å². The van der Waals surface area contributed by atoms with Gasteiger partial charge >= 0.3 is 55.2 Å². The van der Waals surface area contributed by atoms with Crippen LogP contribution < -0.4 is 0 Å². The molecule has 0 radical (unpaired) electrons. The molecule has 0 aliphatic rings. The molecule has 0 N–H and O–H groups in total. The quantitative estimate of drug-likeness (QED) is 0.481. The van der Waals surface area contributed by atoms with Crippen LogP contribution in [0.4, 0.5) is 0 Å². The van der Waals surface area contributed by atoms with Crippen molar-refractivity contribution < 1.29 is 0 Å². The van der Waals surface area contributed by atoms with Gasteiger partial charge in [-0.15, -0.1) is 0 Å². The first-order chi connectivity index (χ1) is 3.27. The van der Waals surface area contributed by atoms with Crippen LogP contribution in [0.15, 0.2) is 22.4 Å². The Labute approximate surface area is 55.4 Å². The summed E-state index contributed by atoms with van der Waals surface area (Å²) in [6.45, 7) is 5.74. The zero-order valence-electron chi connectivity index (χ0n) is 4.77. The van der Waals surface area contributed by atoms with E-state index in [0.717, 1.165) is 5.57 Å². The van der Waals surface area contributed by atoms with Crippen LogP contribution >= 0.6 is 0 Å². The van der Waals surface area contributed by atoms with Gasteiger partial charge < -0.3 is 0 Å². The molecule has 0 aromatic carbocycles. The molecule has 0 nitrogen and oxygen atoms in total. The van der Waals surface area contributed by atoms with Gasteiger partial charge in [-0.1, -0.05) is 0 Å². The second-order valence-electron chi connectivity index (χ2n) is 1.38. The third-order valence-electron chi connectivity index (χ3n) is 0.489. The molecule has 0 aromatic heterocycles. The SMILES string of the molecule is C=C(C)/C=C/[Te]C. The second kappa shape index (κ2) is 4.43. The number of hydrogen-bond acceptors (Lipinski definition) is 0. The summed E-state index contributed by atoms with van der Waals surface area (Å²) in [7, 11) is 0. The van der Waals surface area contributed by atoms with E-state index in [4.69, 9.17) is 0 Å². The van der Waals surface area contributed by atoms with Crippen LogP contribution in [0.2, 0.25) is 4.97 Å². The number of allylic oxidation sites excluding steroid dienone is 2. The van der Waals surface area contributed by atoms with Gasteiger partial charge in [0.25, 0.3) is 0 Å². The summed E-state index contributed by atoms with van der Waals surface area (Å²) in [6.07, 6.45) is 2.09. The van der Waals surface area contributed by atoms with Gasteiger partial charge in [0.1, 0.15) is 0 Å². The Bertz CT molecular complexity index is 82.2. The van der Waals surface area contributed by atoms with Crippen molar-refractivity contribution in [3.05, 3.63) is 22.4 Å². The minimum absolute atomic E-state index is 0.192. The summed E-state index contributed by atoms with van der Waals surface area (Å²) >= 11 is 0.192. The summed E-state index contributed by atoms with van der Waals surface area (Å²) < 4.78 is 2.23. The first-order valence-corrected chi connectivity index (χ1v) is 5.80. The van der Waals surface area contributed by atoms with Gasteiger partial charge in [-0.25, -0.2) is 0 Å². The van der Waals surface area contributed by atoms with Crippen molar-refractivity contribution >= 4 is 20.9 Å². The molecule has 0 aromatic rings. The number of rotatable bonds is 2. The number of hydrogen-bond donors (Lipinski definition) is 0. The molecule has 0 rings (SSSR count). The fraction of sp³-hybridized carbons (Fsp3) is 0.333. The van der Waals surface area contributed by atoms with Crippen LogP contribution in [-0.2, 0) is 0 Å². The molecule has 0 fully saturated rings. The second-order valence-corrected chi connectivity index (χ2v) is 3.51. The Morgan fingerprint density at radius 2 is 2.29 bits per heavy atom. The molecular weight excluding hydrogens is 200 g/mol. The first-order valence-electron chi connectivity index (χ1n) is 2.12. The standard InChI is InChI=1S/C6H10Te/c1-6(2)4-5-7-3/h4-5H,1H2,2-3H3/b5-4+. The molecule has 40 valence electrons. The van der Waals surface area contributed by atoms with Crippen LogP contribution in [-0.4, -0.2) is 20.9 Å². The molecule has 0 amide bonds. The minimum atomic E-state index is 0.192. The predicted molar refractivity (Wildman–Crippen MR) is 35.6 cm³/mol. The van der Waals surface area contributed by atoms with Crippen molar-refractivity contribution in [3.63, 3.8) is 0 Å². The van der Waals surface area contributed by atoms with Gasteiger partial charge in [0.2, 0.25) is 0 Å². The van der Waals surface area contributed by atoms with E-state index in [1.807, 2.05) is 6.92 Å². The Hall–Kier alpha value is 0.270. The van der Waals surface area contributed by atoms with E-state index in [9.17, 15) is 0 Å². The fourth-order valence-corrected chi connectivity index (χ4v) is 1.24. The molecule has 0 aliphatic carbocycles. The van der Waals surface area contributed by atoms with Crippen molar-refractivity contribution in [1.29, 1.82) is 0 Å². The summed E-state index contributed by atoms with van der Waals surface area (Å²) in [5, 5.41) is 0. The van der Waals surface area contributed by atoms with Crippen molar-refractivity contribution in [3.8, 4) is 0 Å². The van der Waals surface area contributed by atoms with Crippen molar-refractivity contribution in [2.24, 2.45) is 0 Å². The molecule has 0 atom stereocenters. The normalized spacial score (nSPS) is 10.0. The Balaban J connectivity index is 3.26. The zero-order valence-corrected chi connectivity index (χ0v) is 7.10. The van der Waals surface area contributed by atoms with Gasteiger partial charge in [0.05, 0.1) is 0 Å². The molecule has 0 heterocycles. The van der Waals surface area contributed by atoms with Gasteiger partial charge in [-0.3, -0.25) is 0 Å². The summed E-state index contributed by atoms with van der Waals surface area (Å²) in [5.74, 6) is 0. The molecule has 0 saturated carbocycles. The molecule has 0 unspecified atom stereocenters. The van der Waals surface area contributed by atoms with Crippen LogP contribution in [0.3, 0.4) is 0 Å². The third-order valence-corrected chi connectivity index (χ3v) is 1.65. The average molecular weight is 210 g/mol. The predicted octanol–water partition coefficient (Wildman–Crippen LogP) is 1.83. The third kappa shape index (κ3) is 6.27. The van der Waals surface area contributed by atoms with Gasteiger partial charge in [0, 0.05) is 0 Å². The Morgan fingerprint density at radius 3 is 2.43 bits per heavy atom. The van der Waals surface area contributed by atoms with Crippen molar-refractivity contribution in [2.75, 3.05) is 0 Å². The molecular formula is C6H10Te. The van der Waals surface area contributed by atoms with Crippen LogP contribution in [0, 0.1) is 0 Å². The van der Waals surface area contributed by atoms with E-state index >= 15 is 0 Å². The van der Waals surface area contributed by atoms with Crippen LogP contribution in [0.1, 0.15) is 6.92 Å². The Morgan fingerprint density at radius 1 is 1.71 bits per heavy atom. The molecule has 0 spiro atoms. The van der Waals surface area contributed by atoms with Gasteiger partial charge in [-0.2, -0.15) is 0 Å².